The smallest absolute Gasteiger partial charge is 0.207 e. The Hall–Kier alpha value is -2.37. The zero-order valence-electron chi connectivity index (χ0n) is 11.7. The molecular formula is C14H16FN5. The molecule has 0 radical (unpaired) electrons. The van der Waals surface area contributed by atoms with Crippen molar-refractivity contribution in [3.63, 3.8) is 0 Å². The molecule has 0 unspecified atom stereocenters. The van der Waals surface area contributed by atoms with Crippen LogP contribution >= 0.6 is 0 Å². The summed E-state index contributed by atoms with van der Waals surface area (Å²) < 4.78 is 17.5. The maximum Gasteiger partial charge on any atom is 0.207 e. The number of hydrogen-bond acceptors (Lipinski definition) is 3. The zero-order chi connectivity index (χ0) is 14.4. The van der Waals surface area contributed by atoms with Gasteiger partial charge in [-0.15, -0.1) is 0 Å². The van der Waals surface area contributed by atoms with E-state index in [1.54, 1.807) is 15.3 Å². The van der Waals surface area contributed by atoms with E-state index in [9.17, 15) is 4.39 Å². The van der Waals surface area contributed by atoms with E-state index in [0.717, 1.165) is 23.2 Å². The molecular weight excluding hydrogens is 257 g/mol. The van der Waals surface area contributed by atoms with Crippen molar-refractivity contribution in [1.82, 2.24) is 19.3 Å². The van der Waals surface area contributed by atoms with Gasteiger partial charge in [0.15, 0.2) is 5.65 Å². The maximum atomic E-state index is 14.2. The minimum absolute atomic E-state index is 0.274. The van der Waals surface area contributed by atoms with Crippen LogP contribution in [0, 0.1) is 12.7 Å². The Morgan fingerprint density at radius 1 is 1.35 bits per heavy atom. The first-order valence-corrected chi connectivity index (χ1v) is 6.49. The number of aromatic nitrogens is 4. The Bertz CT molecular complexity index is 779. The summed E-state index contributed by atoms with van der Waals surface area (Å²) in [4.78, 5) is 4.35. The topological polar surface area (TPSA) is 61.7 Å². The van der Waals surface area contributed by atoms with Gasteiger partial charge in [0, 0.05) is 7.05 Å². The molecule has 0 amide bonds. The fourth-order valence-corrected chi connectivity index (χ4v) is 2.56. The molecule has 0 aliphatic heterocycles. The molecule has 0 aliphatic carbocycles. The lowest BCUT2D eigenvalue weighted by Gasteiger charge is -2.11. The highest BCUT2D eigenvalue weighted by atomic mass is 19.1. The lowest BCUT2D eigenvalue weighted by molar-refractivity contribution is 0.616. The third-order valence-corrected chi connectivity index (χ3v) is 3.48. The van der Waals surface area contributed by atoms with E-state index < -0.39 is 0 Å². The van der Waals surface area contributed by atoms with Crippen LogP contribution in [0.25, 0.3) is 16.9 Å². The SMILES string of the molecule is CCc1nn(C)c2c1nc(N)n2-c1c(C)cccc1F. The molecule has 5 nitrogen and oxygen atoms in total. The van der Waals surface area contributed by atoms with Gasteiger partial charge in [0.1, 0.15) is 11.3 Å². The second-order valence-electron chi connectivity index (χ2n) is 4.81. The quantitative estimate of drug-likeness (QED) is 0.779. The molecule has 0 atom stereocenters. The van der Waals surface area contributed by atoms with Gasteiger partial charge in [0.2, 0.25) is 5.95 Å². The van der Waals surface area contributed by atoms with Gasteiger partial charge in [0.25, 0.3) is 0 Å². The van der Waals surface area contributed by atoms with E-state index >= 15 is 0 Å². The minimum Gasteiger partial charge on any atom is -0.369 e. The van der Waals surface area contributed by atoms with Gasteiger partial charge in [-0.25, -0.2) is 14.1 Å². The fraction of sp³-hybridized carbons (Fsp3) is 0.286. The van der Waals surface area contributed by atoms with Crippen LogP contribution in [0.15, 0.2) is 18.2 Å². The second-order valence-corrected chi connectivity index (χ2v) is 4.81. The minimum atomic E-state index is -0.324. The van der Waals surface area contributed by atoms with Gasteiger partial charge in [-0.05, 0) is 25.0 Å². The Balaban J connectivity index is 2.42. The highest BCUT2D eigenvalue weighted by molar-refractivity contribution is 5.80. The van der Waals surface area contributed by atoms with Crippen molar-refractivity contribution < 1.29 is 4.39 Å². The van der Waals surface area contributed by atoms with Crippen molar-refractivity contribution >= 4 is 17.1 Å². The summed E-state index contributed by atoms with van der Waals surface area (Å²) in [6.07, 6.45) is 0.754. The molecule has 104 valence electrons. The largest absolute Gasteiger partial charge is 0.369 e. The van der Waals surface area contributed by atoms with Gasteiger partial charge < -0.3 is 5.73 Å². The number of aryl methyl sites for hydroxylation is 3. The van der Waals surface area contributed by atoms with Gasteiger partial charge in [0.05, 0.1) is 11.4 Å². The molecule has 2 heterocycles. The van der Waals surface area contributed by atoms with Gasteiger partial charge >= 0.3 is 0 Å². The number of hydrogen-bond donors (Lipinski definition) is 1. The number of nitrogen functional groups attached to an aromatic ring is 1. The summed E-state index contributed by atoms with van der Waals surface area (Å²) >= 11 is 0. The monoisotopic (exact) mass is 273 g/mol. The average Bonchev–Trinajstić information content (AvgIpc) is 2.88. The van der Waals surface area contributed by atoms with Crippen molar-refractivity contribution in [2.24, 2.45) is 7.05 Å². The number of nitrogens with zero attached hydrogens (tertiary/aromatic N) is 4. The number of anilines is 1. The Morgan fingerprint density at radius 3 is 2.75 bits per heavy atom. The molecule has 0 fully saturated rings. The highest BCUT2D eigenvalue weighted by Gasteiger charge is 2.21. The van der Waals surface area contributed by atoms with Crippen LogP contribution in [0.2, 0.25) is 0 Å². The van der Waals surface area contributed by atoms with E-state index in [0.29, 0.717) is 11.3 Å². The van der Waals surface area contributed by atoms with Crippen molar-refractivity contribution in [2.75, 3.05) is 5.73 Å². The summed E-state index contributed by atoms with van der Waals surface area (Å²) in [7, 11) is 1.81. The lowest BCUT2D eigenvalue weighted by Crippen LogP contribution is -2.08. The molecule has 20 heavy (non-hydrogen) atoms. The molecule has 2 aromatic heterocycles. The standard InChI is InChI=1S/C14H16FN5/c1-4-10-11-13(19(3)18-10)20(14(16)17-11)12-8(2)6-5-7-9(12)15/h5-7H,4H2,1-3H3,(H2,16,17). The van der Waals surface area contributed by atoms with E-state index in [2.05, 4.69) is 10.1 Å². The van der Waals surface area contributed by atoms with Gasteiger partial charge in [-0.1, -0.05) is 19.1 Å². The van der Waals surface area contributed by atoms with E-state index in [-0.39, 0.29) is 11.8 Å². The highest BCUT2D eigenvalue weighted by Crippen LogP contribution is 2.28. The summed E-state index contributed by atoms with van der Waals surface area (Å²) in [5.74, 6) is -0.0499. The fourth-order valence-electron chi connectivity index (χ4n) is 2.56. The lowest BCUT2D eigenvalue weighted by atomic mass is 10.2. The van der Waals surface area contributed by atoms with Crippen molar-refractivity contribution in [3.8, 4) is 5.69 Å². The molecule has 0 saturated carbocycles. The second kappa shape index (κ2) is 4.33. The molecule has 0 bridgehead atoms. The number of halogens is 1. The first-order chi connectivity index (χ1) is 9.54. The van der Waals surface area contributed by atoms with Crippen LogP contribution in [0.4, 0.5) is 10.3 Å². The number of rotatable bonds is 2. The summed E-state index contributed by atoms with van der Waals surface area (Å²) in [6, 6.07) is 4.95. The average molecular weight is 273 g/mol. The molecule has 1 aromatic carbocycles. The summed E-state index contributed by atoms with van der Waals surface area (Å²) in [6.45, 7) is 3.85. The van der Waals surface area contributed by atoms with Crippen LogP contribution in [-0.2, 0) is 13.5 Å². The van der Waals surface area contributed by atoms with Crippen molar-refractivity contribution in [2.45, 2.75) is 20.3 Å². The zero-order valence-corrected chi connectivity index (χ0v) is 11.7. The molecule has 3 rings (SSSR count). The first-order valence-electron chi connectivity index (χ1n) is 6.49. The number of nitrogens with two attached hydrogens (primary N) is 1. The van der Waals surface area contributed by atoms with Crippen LogP contribution in [0.5, 0.6) is 0 Å². The third kappa shape index (κ3) is 1.61. The Labute approximate surface area is 115 Å². The molecule has 0 spiro atoms. The van der Waals surface area contributed by atoms with Gasteiger partial charge in [-0.3, -0.25) is 4.57 Å². The van der Waals surface area contributed by atoms with Crippen LogP contribution in [0.1, 0.15) is 18.2 Å². The van der Waals surface area contributed by atoms with E-state index in [4.69, 9.17) is 5.73 Å². The molecule has 3 aromatic rings. The predicted octanol–water partition coefficient (Wildman–Crippen LogP) is 2.35. The van der Waals surface area contributed by atoms with E-state index in [1.807, 2.05) is 27.0 Å². The van der Waals surface area contributed by atoms with Crippen molar-refractivity contribution in [3.05, 3.63) is 35.3 Å². The number of para-hydroxylation sites is 1. The van der Waals surface area contributed by atoms with Crippen LogP contribution in [0.3, 0.4) is 0 Å². The molecule has 6 heteroatoms. The van der Waals surface area contributed by atoms with Crippen LogP contribution in [-0.4, -0.2) is 19.3 Å². The number of benzene rings is 1. The van der Waals surface area contributed by atoms with Crippen molar-refractivity contribution in [1.29, 1.82) is 0 Å². The summed E-state index contributed by atoms with van der Waals surface area (Å²) in [5, 5.41) is 4.41. The van der Waals surface area contributed by atoms with Crippen LogP contribution < -0.4 is 5.73 Å². The van der Waals surface area contributed by atoms with E-state index in [1.165, 1.54) is 6.07 Å². The summed E-state index contributed by atoms with van der Waals surface area (Å²) in [5.41, 5.74) is 9.54. The first kappa shape index (κ1) is 12.7. The molecule has 0 saturated heterocycles. The predicted molar refractivity (Wildman–Crippen MR) is 76.3 cm³/mol. The number of imidazole rings is 1. The Morgan fingerprint density at radius 2 is 2.10 bits per heavy atom. The third-order valence-electron chi connectivity index (χ3n) is 3.48. The Kier molecular flexibility index (Phi) is 2.74. The molecule has 0 aliphatic rings. The van der Waals surface area contributed by atoms with Gasteiger partial charge in [-0.2, -0.15) is 5.10 Å². The maximum absolute atomic E-state index is 14.2. The molecule has 2 N–H and O–H groups in total. The normalized spacial score (nSPS) is 11.4. The number of fused-ring (bicyclic) bond motifs is 1.